The van der Waals surface area contributed by atoms with Crippen molar-refractivity contribution < 1.29 is 4.52 Å². The van der Waals surface area contributed by atoms with Crippen LogP contribution in [0.15, 0.2) is 65.2 Å². The average molecular weight is 501 g/mol. The van der Waals surface area contributed by atoms with Gasteiger partial charge in [0.15, 0.2) is 10.9 Å². The Balaban J connectivity index is 1.18. The smallest absolute Gasteiger partial charge is 0.171 e. The Bertz CT molecular complexity index is 1340. The monoisotopic (exact) mass is 500 g/mol. The van der Waals surface area contributed by atoms with Gasteiger partial charge in [-0.15, -0.1) is 0 Å². The van der Waals surface area contributed by atoms with Gasteiger partial charge < -0.3 is 25.4 Å². The Hall–Kier alpha value is -3.65. The second-order valence-corrected chi connectivity index (χ2v) is 9.97. The molecule has 8 heteroatoms. The fourth-order valence-electron chi connectivity index (χ4n) is 4.84. The number of para-hydroxylation sites is 1. The maximum absolute atomic E-state index is 5.65. The Morgan fingerprint density at radius 1 is 0.972 bits per heavy atom. The average Bonchev–Trinajstić information content (AvgIpc) is 3.24. The summed E-state index contributed by atoms with van der Waals surface area (Å²) in [6.45, 7) is 1.89. The van der Waals surface area contributed by atoms with Gasteiger partial charge in [0, 0.05) is 48.9 Å². The van der Waals surface area contributed by atoms with Crippen LogP contribution in [0, 0.1) is 6.92 Å². The van der Waals surface area contributed by atoms with Crippen molar-refractivity contribution in [1.82, 2.24) is 15.5 Å². The Morgan fingerprint density at radius 2 is 1.67 bits per heavy atom. The number of thiocarbonyl (C=S) groups is 1. The van der Waals surface area contributed by atoms with Crippen molar-refractivity contribution in [2.45, 2.75) is 44.7 Å². The van der Waals surface area contributed by atoms with Crippen LogP contribution in [-0.4, -0.2) is 41.4 Å². The molecule has 1 saturated carbocycles. The Morgan fingerprint density at radius 3 is 2.42 bits per heavy atom. The minimum absolute atomic E-state index is 0.324. The molecule has 0 spiro atoms. The summed E-state index contributed by atoms with van der Waals surface area (Å²) in [6, 6.07) is 21.1. The molecule has 4 aromatic rings. The lowest BCUT2D eigenvalue weighted by atomic mass is 9.91. The molecule has 0 saturated heterocycles. The van der Waals surface area contributed by atoms with Crippen LogP contribution in [0.5, 0.6) is 0 Å². The minimum Gasteiger partial charge on any atom is -0.377 e. The van der Waals surface area contributed by atoms with Crippen molar-refractivity contribution in [3.63, 3.8) is 0 Å². The van der Waals surface area contributed by atoms with Crippen LogP contribution < -0.4 is 20.9 Å². The van der Waals surface area contributed by atoms with E-state index < -0.39 is 0 Å². The number of aryl methyl sites for hydroxylation is 1. The van der Waals surface area contributed by atoms with E-state index in [-0.39, 0.29) is 0 Å². The van der Waals surface area contributed by atoms with Crippen LogP contribution in [0.4, 0.5) is 17.2 Å². The van der Waals surface area contributed by atoms with E-state index in [0.29, 0.717) is 23.0 Å². The second kappa shape index (κ2) is 10.5. The van der Waals surface area contributed by atoms with Crippen LogP contribution in [0.25, 0.3) is 22.2 Å². The molecular weight excluding hydrogens is 468 g/mol. The first-order chi connectivity index (χ1) is 17.5. The van der Waals surface area contributed by atoms with Crippen molar-refractivity contribution in [3.8, 4) is 11.3 Å². The molecule has 2 heterocycles. The zero-order valence-corrected chi connectivity index (χ0v) is 21.7. The first-order valence-electron chi connectivity index (χ1n) is 12.4. The zero-order chi connectivity index (χ0) is 25.1. The van der Waals surface area contributed by atoms with Gasteiger partial charge in [0.25, 0.3) is 0 Å². The summed E-state index contributed by atoms with van der Waals surface area (Å²) in [5.74, 6) is 1.65. The maximum atomic E-state index is 5.65. The third-order valence-electron chi connectivity index (χ3n) is 6.74. The van der Waals surface area contributed by atoms with Crippen LogP contribution in [0.1, 0.15) is 31.4 Å². The maximum Gasteiger partial charge on any atom is 0.171 e. The van der Waals surface area contributed by atoms with E-state index in [0.717, 1.165) is 54.0 Å². The normalized spacial score (nSPS) is 17.5. The van der Waals surface area contributed by atoms with Gasteiger partial charge in [-0.1, -0.05) is 53.7 Å². The number of anilines is 3. The topological polar surface area (TPSA) is 78.2 Å². The van der Waals surface area contributed by atoms with E-state index >= 15 is 0 Å². The van der Waals surface area contributed by atoms with Crippen LogP contribution >= 0.6 is 12.2 Å². The van der Waals surface area contributed by atoms with Gasteiger partial charge in [-0.25, -0.2) is 4.98 Å². The number of fused-ring (bicyclic) bond motifs is 1. The summed E-state index contributed by atoms with van der Waals surface area (Å²) in [4.78, 5) is 7.01. The number of nitrogens with one attached hydrogen (secondary N) is 3. The lowest BCUT2D eigenvalue weighted by molar-refractivity contribution is 0.388. The van der Waals surface area contributed by atoms with E-state index in [4.69, 9.17) is 21.7 Å². The summed E-state index contributed by atoms with van der Waals surface area (Å²) in [7, 11) is 4.15. The molecular formula is C28H32N6OS. The summed E-state index contributed by atoms with van der Waals surface area (Å²) in [6.07, 6.45) is 4.16. The van der Waals surface area contributed by atoms with E-state index in [1.165, 1.54) is 11.1 Å². The number of pyridine rings is 1. The molecule has 3 N–H and O–H groups in total. The molecule has 0 unspecified atom stereocenters. The molecule has 1 fully saturated rings. The first kappa shape index (κ1) is 24.1. The SMILES string of the molecule is Cc1onc(-c2ccccc2)c1NC(=S)NC1CCC(Nc2cc(N(C)C)c3ccccc3n2)CC1. The highest BCUT2D eigenvalue weighted by Crippen LogP contribution is 2.31. The van der Waals surface area contributed by atoms with Crippen molar-refractivity contribution in [2.24, 2.45) is 0 Å². The summed E-state index contributed by atoms with van der Waals surface area (Å²) < 4.78 is 5.44. The predicted octanol–water partition coefficient (Wildman–Crippen LogP) is 5.97. The number of benzene rings is 2. The molecule has 1 aliphatic rings. The van der Waals surface area contributed by atoms with Gasteiger partial charge in [-0.05, 0) is 50.9 Å². The molecule has 0 aliphatic heterocycles. The molecule has 2 aromatic heterocycles. The largest absolute Gasteiger partial charge is 0.377 e. The van der Waals surface area contributed by atoms with E-state index in [9.17, 15) is 0 Å². The van der Waals surface area contributed by atoms with E-state index in [1.807, 2.05) is 43.3 Å². The molecule has 0 atom stereocenters. The summed E-state index contributed by atoms with van der Waals surface area (Å²) >= 11 is 5.65. The lowest BCUT2D eigenvalue weighted by Crippen LogP contribution is -2.42. The quantitative estimate of drug-likeness (QED) is 0.279. The highest BCUT2D eigenvalue weighted by molar-refractivity contribution is 7.80. The van der Waals surface area contributed by atoms with Gasteiger partial charge in [0.05, 0.1) is 5.52 Å². The number of aromatic nitrogens is 2. The molecule has 2 aromatic carbocycles. The first-order valence-corrected chi connectivity index (χ1v) is 12.8. The highest BCUT2D eigenvalue weighted by Gasteiger charge is 2.23. The van der Waals surface area contributed by atoms with E-state index in [1.54, 1.807) is 0 Å². The second-order valence-electron chi connectivity index (χ2n) is 9.56. The fraction of sp³-hybridized carbons (Fsp3) is 0.321. The molecule has 186 valence electrons. The van der Waals surface area contributed by atoms with Crippen LogP contribution in [-0.2, 0) is 0 Å². The van der Waals surface area contributed by atoms with Gasteiger partial charge in [0.1, 0.15) is 17.2 Å². The Labute approximate surface area is 217 Å². The van der Waals surface area contributed by atoms with Crippen LogP contribution in [0.3, 0.4) is 0 Å². The summed E-state index contributed by atoms with van der Waals surface area (Å²) in [5.41, 5.74) is 4.76. The Kier molecular flexibility index (Phi) is 7.04. The van der Waals surface area contributed by atoms with E-state index in [2.05, 4.69) is 64.4 Å². The van der Waals surface area contributed by atoms with Crippen molar-refractivity contribution in [2.75, 3.05) is 29.6 Å². The van der Waals surface area contributed by atoms with Gasteiger partial charge >= 0.3 is 0 Å². The zero-order valence-electron chi connectivity index (χ0n) is 20.9. The molecule has 5 rings (SSSR count). The molecule has 7 nitrogen and oxygen atoms in total. The number of rotatable bonds is 6. The predicted molar refractivity (Wildman–Crippen MR) is 152 cm³/mol. The van der Waals surface area contributed by atoms with Crippen molar-refractivity contribution in [3.05, 3.63) is 66.4 Å². The van der Waals surface area contributed by atoms with Gasteiger partial charge in [0.2, 0.25) is 0 Å². The highest BCUT2D eigenvalue weighted by atomic mass is 32.1. The molecule has 1 aliphatic carbocycles. The third kappa shape index (κ3) is 5.28. The van der Waals surface area contributed by atoms with Gasteiger partial charge in [-0.2, -0.15) is 0 Å². The molecule has 0 amide bonds. The molecule has 0 radical (unpaired) electrons. The van der Waals surface area contributed by atoms with Crippen molar-refractivity contribution >= 4 is 45.4 Å². The number of hydrogen-bond donors (Lipinski definition) is 3. The lowest BCUT2D eigenvalue weighted by Gasteiger charge is -2.31. The molecule has 0 bridgehead atoms. The van der Waals surface area contributed by atoms with Crippen LogP contribution in [0.2, 0.25) is 0 Å². The fourth-order valence-corrected chi connectivity index (χ4v) is 5.11. The van der Waals surface area contributed by atoms with Gasteiger partial charge in [-0.3, -0.25) is 0 Å². The summed E-state index contributed by atoms with van der Waals surface area (Å²) in [5, 5.41) is 16.5. The molecule has 36 heavy (non-hydrogen) atoms. The minimum atomic E-state index is 0.324. The standard InChI is InChI=1S/C28H32N6OS/c1-18-26(27(33-35-18)19-9-5-4-6-10-19)32-28(36)30-21-15-13-20(14-16-21)29-25-17-24(34(2)3)22-11-7-8-12-23(22)31-25/h4-12,17,20-21H,13-16H2,1-3H3,(H,29,31)(H2,30,32,36). The number of nitrogens with zero attached hydrogens (tertiary/aromatic N) is 3. The number of hydrogen-bond acceptors (Lipinski definition) is 6. The third-order valence-corrected chi connectivity index (χ3v) is 6.96. The van der Waals surface area contributed by atoms with Crippen molar-refractivity contribution in [1.29, 1.82) is 0 Å².